The Bertz CT molecular complexity index is 541. The quantitative estimate of drug-likeness (QED) is 0.921. The third-order valence-electron chi connectivity index (χ3n) is 5.14. The van der Waals surface area contributed by atoms with Gasteiger partial charge in [0.25, 0.3) is 0 Å². The zero-order chi connectivity index (χ0) is 17.0. The second-order valence-corrected chi connectivity index (χ2v) is 7.56. The van der Waals surface area contributed by atoms with Crippen molar-refractivity contribution in [2.24, 2.45) is 5.92 Å². The highest BCUT2D eigenvalue weighted by atomic mass is 16.5. The molecule has 1 aromatic carbocycles. The van der Waals surface area contributed by atoms with Crippen LogP contribution in [0.2, 0.25) is 0 Å². The average molecular weight is 331 g/mol. The minimum absolute atomic E-state index is 0.0259. The van der Waals surface area contributed by atoms with Gasteiger partial charge in [-0.15, -0.1) is 0 Å². The Morgan fingerprint density at radius 2 is 2.08 bits per heavy atom. The Morgan fingerprint density at radius 3 is 2.75 bits per heavy atom. The van der Waals surface area contributed by atoms with Crippen LogP contribution in [0.25, 0.3) is 0 Å². The molecule has 2 amide bonds. The van der Waals surface area contributed by atoms with E-state index in [0.717, 1.165) is 52.4 Å². The normalized spacial score (nSPS) is 24.1. The van der Waals surface area contributed by atoms with Gasteiger partial charge in [-0.2, -0.15) is 0 Å². The zero-order valence-corrected chi connectivity index (χ0v) is 14.8. The second-order valence-electron chi connectivity index (χ2n) is 7.56. The summed E-state index contributed by atoms with van der Waals surface area (Å²) in [4.78, 5) is 16.9. The van der Waals surface area contributed by atoms with Gasteiger partial charge in [0.15, 0.2) is 0 Å². The third-order valence-corrected chi connectivity index (χ3v) is 5.14. The molecule has 3 rings (SSSR count). The summed E-state index contributed by atoms with van der Waals surface area (Å²) in [5.41, 5.74) is 1.30. The monoisotopic (exact) mass is 331 g/mol. The first kappa shape index (κ1) is 17.2. The van der Waals surface area contributed by atoms with E-state index >= 15 is 0 Å². The summed E-state index contributed by atoms with van der Waals surface area (Å²) in [7, 11) is 0. The molecule has 0 unspecified atom stereocenters. The molecule has 2 aliphatic rings. The molecule has 132 valence electrons. The Morgan fingerprint density at radius 1 is 1.29 bits per heavy atom. The zero-order valence-electron chi connectivity index (χ0n) is 14.8. The molecule has 0 aromatic heterocycles. The third kappa shape index (κ3) is 4.28. The van der Waals surface area contributed by atoms with Crippen molar-refractivity contribution >= 4 is 6.03 Å². The van der Waals surface area contributed by atoms with Crippen LogP contribution in [0.1, 0.15) is 25.8 Å². The van der Waals surface area contributed by atoms with Crippen LogP contribution in [0.4, 0.5) is 4.79 Å². The molecule has 0 bridgehead atoms. The predicted molar refractivity (Wildman–Crippen MR) is 94.8 cm³/mol. The summed E-state index contributed by atoms with van der Waals surface area (Å²) in [6.07, 6.45) is 1.05. The van der Waals surface area contributed by atoms with Crippen LogP contribution in [0.15, 0.2) is 30.3 Å². The van der Waals surface area contributed by atoms with E-state index in [1.54, 1.807) is 0 Å². The molecule has 0 radical (unpaired) electrons. The number of piperazine rings is 1. The number of benzene rings is 1. The molecule has 0 saturated carbocycles. The number of amides is 2. The number of hydrogen-bond donors (Lipinski definition) is 1. The highest BCUT2D eigenvalue weighted by Gasteiger charge is 2.35. The highest BCUT2D eigenvalue weighted by molar-refractivity contribution is 5.74. The number of rotatable bonds is 4. The molecule has 1 atom stereocenters. The standard InChI is InChI=1S/C19H29N3O2/c1-19(2)15-21(18(23)20-12-17-8-11-24-14-17)9-10-22(19)13-16-6-4-3-5-7-16/h3-7,17H,8-15H2,1-2H3,(H,20,23)/t17-/m0/s1. The number of hydrogen-bond acceptors (Lipinski definition) is 3. The molecule has 24 heavy (non-hydrogen) atoms. The first-order valence-electron chi connectivity index (χ1n) is 8.94. The molecular weight excluding hydrogens is 302 g/mol. The van der Waals surface area contributed by atoms with Crippen molar-refractivity contribution < 1.29 is 9.53 Å². The van der Waals surface area contributed by atoms with Crippen molar-refractivity contribution in [2.75, 3.05) is 39.4 Å². The van der Waals surface area contributed by atoms with Gasteiger partial charge in [-0.3, -0.25) is 4.90 Å². The van der Waals surface area contributed by atoms with Gasteiger partial charge in [-0.1, -0.05) is 30.3 Å². The summed E-state index contributed by atoms with van der Waals surface area (Å²) in [5.74, 6) is 0.473. The van der Waals surface area contributed by atoms with Crippen molar-refractivity contribution in [1.82, 2.24) is 15.1 Å². The minimum Gasteiger partial charge on any atom is -0.381 e. The van der Waals surface area contributed by atoms with Crippen LogP contribution in [0, 0.1) is 5.92 Å². The number of nitrogens with one attached hydrogen (secondary N) is 1. The van der Waals surface area contributed by atoms with E-state index in [1.165, 1.54) is 5.56 Å². The van der Waals surface area contributed by atoms with Gasteiger partial charge in [-0.05, 0) is 25.8 Å². The maximum atomic E-state index is 12.5. The summed E-state index contributed by atoms with van der Waals surface area (Å²) in [6, 6.07) is 10.6. The SMILES string of the molecule is CC1(C)CN(C(=O)NC[C@@H]2CCOC2)CCN1Cc1ccccc1. The Hall–Kier alpha value is -1.59. The minimum atomic E-state index is -0.0259. The maximum absolute atomic E-state index is 12.5. The molecule has 0 aliphatic carbocycles. The fourth-order valence-electron chi connectivity index (χ4n) is 3.55. The van der Waals surface area contributed by atoms with Gasteiger partial charge in [0, 0.05) is 50.8 Å². The van der Waals surface area contributed by atoms with Crippen LogP contribution in [0.5, 0.6) is 0 Å². The Balaban J connectivity index is 1.51. The van der Waals surface area contributed by atoms with Gasteiger partial charge < -0.3 is 15.0 Å². The fourth-order valence-corrected chi connectivity index (χ4v) is 3.55. The number of ether oxygens (including phenoxy) is 1. The first-order valence-corrected chi connectivity index (χ1v) is 8.94. The molecule has 5 heteroatoms. The molecule has 2 aliphatic heterocycles. The molecular formula is C19H29N3O2. The Labute approximate surface area is 145 Å². The number of carbonyl (C=O) groups is 1. The number of carbonyl (C=O) groups excluding carboxylic acids is 1. The summed E-state index contributed by atoms with van der Waals surface area (Å²) in [6.45, 7) is 10.1. The number of nitrogens with zero attached hydrogens (tertiary/aromatic N) is 2. The van der Waals surface area contributed by atoms with E-state index in [4.69, 9.17) is 4.74 Å². The van der Waals surface area contributed by atoms with E-state index in [9.17, 15) is 4.79 Å². The summed E-state index contributed by atoms with van der Waals surface area (Å²) < 4.78 is 5.37. The van der Waals surface area contributed by atoms with Gasteiger partial charge >= 0.3 is 6.03 Å². The topological polar surface area (TPSA) is 44.8 Å². The van der Waals surface area contributed by atoms with E-state index in [1.807, 2.05) is 11.0 Å². The van der Waals surface area contributed by atoms with Crippen LogP contribution >= 0.6 is 0 Å². The largest absolute Gasteiger partial charge is 0.381 e. The Kier molecular flexibility index (Phi) is 5.41. The van der Waals surface area contributed by atoms with Gasteiger partial charge in [0.05, 0.1) is 6.61 Å². The lowest BCUT2D eigenvalue weighted by molar-refractivity contribution is 0.0295. The molecule has 2 heterocycles. The smallest absolute Gasteiger partial charge is 0.317 e. The van der Waals surface area contributed by atoms with E-state index < -0.39 is 0 Å². The lowest BCUT2D eigenvalue weighted by Gasteiger charge is -2.47. The first-order chi connectivity index (χ1) is 11.5. The molecule has 1 aromatic rings. The number of urea groups is 1. The van der Waals surface area contributed by atoms with Crippen molar-refractivity contribution in [3.63, 3.8) is 0 Å². The predicted octanol–water partition coefficient (Wildman–Crippen LogP) is 2.33. The molecule has 2 saturated heterocycles. The summed E-state index contributed by atoms with van der Waals surface area (Å²) >= 11 is 0. The van der Waals surface area contributed by atoms with Gasteiger partial charge in [0.1, 0.15) is 0 Å². The highest BCUT2D eigenvalue weighted by Crippen LogP contribution is 2.23. The van der Waals surface area contributed by atoms with E-state index in [0.29, 0.717) is 5.92 Å². The summed E-state index contributed by atoms with van der Waals surface area (Å²) in [5, 5.41) is 3.09. The molecule has 5 nitrogen and oxygen atoms in total. The van der Waals surface area contributed by atoms with Gasteiger partial charge in [-0.25, -0.2) is 4.79 Å². The molecule has 0 spiro atoms. The van der Waals surface area contributed by atoms with Gasteiger partial charge in [0.2, 0.25) is 0 Å². The fraction of sp³-hybridized carbons (Fsp3) is 0.632. The van der Waals surface area contributed by atoms with Crippen molar-refractivity contribution in [3.05, 3.63) is 35.9 Å². The van der Waals surface area contributed by atoms with Crippen LogP contribution in [-0.4, -0.2) is 60.8 Å². The van der Waals surface area contributed by atoms with E-state index in [-0.39, 0.29) is 11.6 Å². The van der Waals surface area contributed by atoms with E-state index in [2.05, 4.69) is 48.3 Å². The molecule has 1 N–H and O–H groups in total. The van der Waals surface area contributed by atoms with Crippen molar-refractivity contribution in [2.45, 2.75) is 32.4 Å². The lowest BCUT2D eigenvalue weighted by atomic mass is 9.98. The van der Waals surface area contributed by atoms with Crippen molar-refractivity contribution in [1.29, 1.82) is 0 Å². The second kappa shape index (κ2) is 7.53. The molecule has 2 fully saturated rings. The average Bonchev–Trinajstić information content (AvgIpc) is 3.08. The maximum Gasteiger partial charge on any atom is 0.317 e. The lowest BCUT2D eigenvalue weighted by Crippen LogP contribution is -2.61. The van der Waals surface area contributed by atoms with Crippen LogP contribution in [0.3, 0.4) is 0 Å². The van der Waals surface area contributed by atoms with Crippen molar-refractivity contribution in [3.8, 4) is 0 Å². The van der Waals surface area contributed by atoms with Crippen LogP contribution < -0.4 is 5.32 Å². The van der Waals surface area contributed by atoms with Crippen LogP contribution in [-0.2, 0) is 11.3 Å².